The molecular weight excluding hydrogens is 307 g/mol. The lowest BCUT2D eigenvalue weighted by Gasteiger charge is -2.33. The van der Waals surface area contributed by atoms with Gasteiger partial charge in [-0.1, -0.05) is 29.8 Å². The highest BCUT2D eigenvalue weighted by Gasteiger charge is 2.29. The van der Waals surface area contributed by atoms with Crippen molar-refractivity contribution in [2.24, 2.45) is 17.8 Å². The topological polar surface area (TPSA) is 20.2 Å². The first kappa shape index (κ1) is 15.0. The van der Waals surface area contributed by atoms with Crippen LogP contribution in [0.3, 0.4) is 0 Å². The minimum Gasteiger partial charge on any atom is -0.388 e. The molecule has 19 heavy (non-hydrogen) atoms. The molecule has 1 aromatic rings. The van der Waals surface area contributed by atoms with Gasteiger partial charge < -0.3 is 5.11 Å². The van der Waals surface area contributed by atoms with E-state index in [1.165, 1.54) is 6.07 Å². The van der Waals surface area contributed by atoms with Crippen LogP contribution in [0.25, 0.3) is 0 Å². The van der Waals surface area contributed by atoms with E-state index in [4.69, 9.17) is 0 Å². The van der Waals surface area contributed by atoms with Gasteiger partial charge in [0.2, 0.25) is 0 Å². The summed E-state index contributed by atoms with van der Waals surface area (Å²) in [6, 6.07) is 4.79. The molecule has 3 heteroatoms. The molecule has 0 spiro atoms. The zero-order valence-corrected chi connectivity index (χ0v) is 13.2. The monoisotopic (exact) mass is 328 g/mol. The Hall–Kier alpha value is -0.410. The molecule has 0 amide bonds. The number of halogens is 2. The summed E-state index contributed by atoms with van der Waals surface area (Å²) in [6.07, 6.45) is 3.61. The summed E-state index contributed by atoms with van der Waals surface area (Å²) >= 11 is 3.34. The van der Waals surface area contributed by atoms with Crippen LogP contribution < -0.4 is 0 Å². The molecule has 1 atom stereocenters. The van der Waals surface area contributed by atoms with Gasteiger partial charge in [-0.05, 0) is 61.6 Å². The van der Waals surface area contributed by atoms with Crippen LogP contribution in [0.4, 0.5) is 4.39 Å². The second kappa shape index (κ2) is 6.36. The lowest BCUT2D eigenvalue weighted by Crippen LogP contribution is -2.23. The molecule has 0 heterocycles. The van der Waals surface area contributed by atoms with Crippen LogP contribution in [0.2, 0.25) is 0 Å². The van der Waals surface area contributed by atoms with E-state index in [1.54, 1.807) is 12.1 Å². The maximum Gasteiger partial charge on any atom is 0.129 e. The summed E-state index contributed by atoms with van der Waals surface area (Å²) in [5.74, 6) is 1.36. The average Bonchev–Trinajstić information content (AvgIpc) is 2.41. The third-order valence-corrected chi connectivity index (χ3v) is 4.98. The number of aliphatic hydroxyl groups is 1. The number of aliphatic hydroxyl groups excluding tert-OH is 1. The van der Waals surface area contributed by atoms with Crippen molar-refractivity contribution in [2.75, 3.05) is 0 Å². The molecule has 106 valence electrons. The normalized spacial score (nSPS) is 25.6. The molecule has 0 radical (unpaired) electrons. The van der Waals surface area contributed by atoms with Crippen LogP contribution in [-0.2, 0) is 0 Å². The van der Waals surface area contributed by atoms with E-state index in [-0.39, 0.29) is 11.7 Å². The maximum atomic E-state index is 13.8. The Morgan fingerprint density at radius 2 is 1.74 bits per heavy atom. The van der Waals surface area contributed by atoms with Crippen molar-refractivity contribution in [3.63, 3.8) is 0 Å². The van der Waals surface area contributed by atoms with Gasteiger partial charge in [-0.2, -0.15) is 0 Å². The average molecular weight is 329 g/mol. The van der Waals surface area contributed by atoms with Crippen LogP contribution in [-0.4, -0.2) is 5.11 Å². The van der Waals surface area contributed by atoms with Crippen molar-refractivity contribution in [2.45, 2.75) is 45.6 Å². The van der Waals surface area contributed by atoms with Crippen LogP contribution in [0.15, 0.2) is 22.7 Å². The fraction of sp³-hybridized carbons (Fsp3) is 0.625. The van der Waals surface area contributed by atoms with Crippen LogP contribution in [0.5, 0.6) is 0 Å². The fourth-order valence-corrected chi connectivity index (χ4v) is 3.50. The molecule has 0 bridgehead atoms. The van der Waals surface area contributed by atoms with E-state index >= 15 is 0 Å². The van der Waals surface area contributed by atoms with Crippen molar-refractivity contribution in [1.29, 1.82) is 0 Å². The Morgan fingerprint density at radius 3 is 2.32 bits per heavy atom. The van der Waals surface area contributed by atoms with Gasteiger partial charge in [0.05, 0.1) is 6.10 Å². The predicted molar refractivity (Wildman–Crippen MR) is 79.3 cm³/mol. The lowest BCUT2D eigenvalue weighted by atomic mass is 9.74. The molecule has 1 fully saturated rings. The third kappa shape index (κ3) is 3.57. The van der Waals surface area contributed by atoms with Crippen molar-refractivity contribution >= 4 is 15.9 Å². The van der Waals surface area contributed by atoms with Crippen molar-refractivity contribution in [3.05, 3.63) is 34.1 Å². The quantitative estimate of drug-likeness (QED) is 0.819. The van der Waals surface area contributed by atoms with Gasteiger partial charge >= 0.3 is 0 Å². The van der Waals surface area contributed by atoms with Crippen LogP contribution in [0.1, 0.15) is 51.2 Å². The smallest absolute Gasteiger partial charge is 0.129 e. The predicted octanol–water partition coefficient (Wildman–Crippen LogP) is 5.08. The molecule has 2 rings (SSSR count). The van der Waals surface area contributed by atoms with Crippen molar-refractivity contribution < 1.29 is 9.50 Å². The number of hydrogen-bond donors (Lipinski definition) is 1. The highest BCUT2D eigenvalue weighted by Crippen LogP contribution is 2.40. The molecule has 1 aromatic carbocycles. The first-order valence-electron chi connectivity index (χ1n) is 7.12. The molecule has 0 aromatic heterocycles. The zero-order chi connectivity index (χ0) is 14.0. The van der Waals surface area contributed by atoms with E-state index < -0.39 is 6.10 Å². The molecule has 1 saturated carbocycles. The second-order valence-electron chi connectivity index (χ2n) is 6.03. The Bertz CT molecular complexity index is 425. The minimum atomic E-state index is -0.675. The van der Waals surface area contributed by atoms with Crippen LogP contribution >= 0.6 is 15.9 Å². The fourth-order valence-electron chi connectivity index (χ4n) is 3.12. The number of benzene rings is 1. The molecular formula is C16H22BrFO. The zero-order valence-electron chi connectivity index (χ0n) is 11.6. The van der Waals surface area contributed by atoms with Gasteiger partial charge in [0.1, 0.15) is 5.82 Å². The molecule has 1 aliphatic carbocycles. The third-order valence-electron chi connectivity index (χ3n) is 4.48. The summed E-state index contributed by atoms with van der Waals surface area (Å²) < 4.78 is 14.6. The SMILES string of the molecule is CC(C)C1CCC(C(O)c2cc(Br)ccc2F)CC1. The number of rotatable bonds is 3. The number of hydrogen-bond acceptors (Lipinski definition) is 1. The van der Waals surface area contributed by atoms with Crippen LogP contribution in [0, 0.1) is 23.6 Å². The van der Waals surface area contributed by atoms with Crippen molar-refractivity contribution in [1.82, 2.24) is 0 Å². The maximum absolute atomic E-state index is 13.8. The lowest BCUT2D eigenvalue weighted by molar-refractivity contribution is 0.0641. The summed E-state index contributed by atoms with van der Waals surface area (Å²) in [4.78, 5) is 0. The first-order chi connectivity index (χ1) is 8.99. The van der Waals surface area contributed by atoms with E-state index in [0.717, 1.165) is 36.1 Å². The van der Waals surface area contributed by atoms with E-state index in [9.17, 15) is 9.50 Å². The van der Waals surface area contributed by atoms with Gasteiger partial charge in [0.25, 0.3) is 0 Å². The highest BCUT2D eigenvalue weighted by molar-refractivity contribution is 9.10. The second-order valence-corrected chi connectivity index (χ2v) is 6.95. The summed E-state index contributed by atoms with van der Waals surface area (Å²) in [5.41, 5.74) is 0.433. The Balaban J connectivity index is 2.05. The van der Waals surface area contributed by atoms with E-state index in [2.05, 4.69) is 29.8 Å². The van der Waals surface area contributed by atoms with Gasteiger partial charge in [0, 0.05) is 10.0 Å². The van der Waals surface area contributed by atoms with Gasteiger partial charge in [-0.25, -0.2) is 4.39 Å². The van der Waals surface area contributed by atoms with Gasteiger partial charge in [-0.3, -0.25) is 0 Å². The molecule has 1 nitrogen and oxygen atoms in total. The summed E-state index contributed by atoms with van der Waals surface area (Å²) in [6.45, 7) is 4.52. The highest BCUT2D eigenvalue weighted by atomic mass is 79.9. The summed E-state index contributed by atoms with van der Waals surface area (Å²) in [7, 11) is 0. The van der Waals surface area contributed by atoms with E-state index in [1.807, 2.05) is 0 Å². The van der Waals surface area contributed by atoms with E-state index in [0.29, 0.717) is 11.5 Å². The molecule has 1 unspecified atom stereocenters. The first-order valence-corrected chi connectivity index (χ1v) is 7.91. The standard InChI is InChI=1S/C16H22BrFO/c1-10(2)11-3-5-12(6-4-11)16(19)14-9-13(17)7-8-15(14)18/h7-12,16,19H,3-6H2,1-2H3. The Kier molecular flexibility index (Phi) is 5.02. The molecule has 0 aliphatic heterocycles. The van der Waals surface area contributed by atoms with Gasteiger partial charge in [0.15, 0.2) is 0 Å². The minimum absolute atomic E-state index is 0.193. The van der Waals surface area contributed by atoms with Crippen molar-refractivity contribution in [3.8, 4) is 0 Å². The molecule has 1 N–H and O–H groups in total. The Morgan fingerprint density at radius 1 is 1.16 bits per heavy atom. The Labute approximate surface area is 123 Å². The molecule has 0 saturated heterocycles. The molecule has 1 aliphatic rings. The summed E-state index contributed by atoms with van der Waals surface area (Å²) in [5, 5.41) is 10.4. The largest absolute Gasteiger partial charge is 0.388 e. The van der Waals surface area contributed by atoms with Gasteiger partial charge in [-0.15, -0.1) is 0 Å².